The number of hydrogen-bond acceptors (Lipinski definition) is 3. The summed E-state index contributed by atoms with van der Waals surface area (Å²) in [5.41, 5.74) is 0.558. The van der Waals surface area contributed by atoms with E-state index in [0.717, 1.165) is 0 Å². The number of H-pyrrole nitrogens is 1. The van der Waals surface area contributed by atoms with Gasteiger partial charge >= 0.3 is 12.0 Å². The fourth-order valence-electron chi connectivity index (χ4n) is 1.12. The Hall–Kier alpha value is -2.05. The number of hydrogen-bond donors (Lipinski definition) is 4. The molecule has 1 rings (SSSR count). The van der Waals surface area contributed by atoms with Crippen molar-refractivity contribution in [2.75, 3.05) is 5.32 Å². The van der Waals surface area contributed by atoms with Crippen LogP contribution in [0.3, 0.4) is 0 Å². The standard InChI is InChI=1S/C9H14N4O3/c1-6(2-3-8(14)15)12-9(16)13-7-4-10-11-5-7/h4-6H,2-3H2,1H3,(H,10,11)(H,14,15)(H2,12,13,16). The molecule has 1 atom stereocenters. The Bertz CT molecular complexity index is 350. The first-order valence-electron chi connectivity index (χ1n) is 4.86. The van der Waals surface area contributed by atoms with Gasteiger partial charge in [-0.3, -0.25) is 9.89 Å². The SMILES string of the molecule is CC(CCC(=O)O)NC(=O)Nc1cn[nH]c1. The summed E-state index contributed by atoms with van der Waals surface area (Å²) >= 11 is 0. The molecule has 88 valence electrons. The third kappa shape index (κ3) is 4.45. The van der Waals surface area contributed by atoms with Crippen LogP contribution >= 0.6 is 0 Å². The number of carbonyl (C=O) groups is 2. The zero-order valence-electron chi connectivity index (χ0n) is 8.86. The minimum absolute atomic E-state index is 0.0349. The van der Waals surface area contributed by atoms with E-state index in [2.05, 4.69) is 20.8 Å². The molecular formula is C9H14N4O3. The van der Waals surface area contributed by atoms with E-state index >= 15 is 0 Å². The van der Waals surface area contributed by atoms with E-state index in [1.54, 1.807) is 13.1 Å². The first-order valence-corrected chi connectivity index (χ1v) is 4.86. The number of amides is 2. The highest BCUT2D eigenvalue weighted by atomic mass is 16.4. The van der Waals surface area contributed by atoms with Gasteiger partial charge in [-0.05, 0) is 13.3 Å². The van der Waals surface area contributed by atoms with Crippen molar-refractivity contribution in [3.8, 4) is 0 Å². The highest BCUT2D eigenvalue weighted by Crippen LogP contribution is 2.01. The fourth-order valence-corrected chi connectivity index (χ4v) is 1.12. The predicted molar refractivity (Wildman–Crippen MR) is 57.1 cm³/mol. The van der Waals surface area contributed by atoms with E-state index in [-0.39, 0.29) is 18.5 Å². The van der Waals surface area contributed by atoms with E-state index < -0.39 is 5.97 Å². The molecular weight excluding hydrogens is 212 g/mol. The first-order chi connectivity index (χ1) is 7.58. The van der Waals surface area contributed by atoms with E-state index in [1.807, 2.05) is 0 Å². The number of carboxylic acid groups (broad SMARTS) is 1. The summed E-state index contributed by atoms with van der Waals surface area (Å²) in [6, 6.07) is -0.567. The van der Waals surface area contributed by atoms with Crippen LogP contribution in [-0.2, 0) is 4.79 Å². The van der Waals surface area contributed by atoms with Gasteiger partial charge in [-0.1, -0.05) is 0 Å². The van der Waals surface area contributed by atoms with Gasteiger partial charge in [-0.2, -0.15) is 5.10 Å². The van der Waals surface area contributed by atoms with Gasteiger partial charge in [0.15, 0.2) is 0 Å². The van der Waals surface area contributed by atoms with Crippen LogP contribution in [0.4, 0.5) is 10.5 Å². The molecule has 7 nitrogen and oxygen atoms in total. The molecule has 0 saturated heterocycles. The summed E-state index contributed by atoms with van der Waals surface area (Å²) in [4.78, 5) is 21.7. The highest BCUT2D eigenvalue weighted by molar-refractivity contribution is 5.89. The molecule has 1 aromatic rings. The highest BCUT2D eigenvalue weighted by Gasteiger charge is 2.09. The third-order valence-electron chi connectivity index (χ3n) is 1.92. The van der Waals surface area contributed by atoms with Crippen molar-refractivity contribution >= 4 is 17.7 Å². The van der Waals surface area contributed by atoms with Crippen molar-refractivity contribution in [3.63, 3.8) is 0 Å². The van der Waals surface area contributed by atoms with Crippen molar-refractivity contribution in [2.24, 2.45) is 0 Å². The van der Waals surface area contributed by atoms with Crippen molar-refractivity contribution in [1.29, 1.82) is 0 Å². The van der Waals surface area contributed by atoms with Crippen LogP contribution in [0, 0.1) is 0 Å². The lowest BCUT2D eigenvalue weighted by atomic mass is 10.2. The molecule has 0 aliphatic carbocycles. The third-order valence-corrected chi connectivity index (χ3v) is 1.92. The summed E-state index contributed by atoms with van der Waals surface area (Å²) in [7, 11) is 0. The molecule has 0 saturated carbocycles. The molecule has 2 amide bonds. The van der Waals surface area contributed by atoms with Gasteiger partial charge in [0.1, 0.15) is 0 Å². The van der Waals surface area contributed by atoms with Gasteiger partial charge in [0, 0.05) is 18.7 Å². The Morgan fingerprint density at radius 1 is 1.62 bits per heavy atom. The molecule has 0 bridgehead atoms. The van der Waals surface area contributed by atoms with Crippen LogP contribution in [-0.4, -0.2) is 33.3 Å². The van der Waals surface area contributed by atoms with Crippen LogP contribution in [0.25, 0.3) is 0 Å². The zero-order chi connectivity index (χ0) is 12.0. The summed E-state index contributed by atoms with van der Waals surface area (Å²) in [5, 5.41) is 19.9. The summed E-state index contributed by atoms with van der Waals surface area (Å²) in [6.45, 7) is 1.75. The number of anilines is 1. The lowest BCUT2D eigenvalue weighted by Crippen LogP contribution is -2.36. The second kappa shape index (κ2) is 5.74. The lowest BCUT2D eigenvalue weighted by Gasteiger charge is -2.12. The summed E-state index contributed by atoms with van der Waals surface area (Å²) < 4.78 is 0. The zero-order valence-corrected chi connectivity index (χ0v) is 8.86. The first kappa shape index (κ1) is 12.0. The number of aromatic amines is 1. The minimum Gasteiger partial charge on any atom is -0.481 e. The van der Waals surface area contributed by atoms with Gasteiger partial charge in [-0.25, -0.2) is 4.79 Å². The molecule has 16 heavy (non-hydrogen) atoms. The van der Waals surface area contributed by atoms with Crippen molar-refractivity contribution < 1.29 is 14.7 Å². The Kier molecular flexibility index (Phi) is 4.31. The van der Waals surface area contributed by atoms with Gasteiger partial charge < -0.3 is 15.7 Å². The number of carboxylic acids is 1. The lowest BCUT2D eigenvalue weighted by molar-refractivity contribution is -0.137. The molecule has 0 aliphatic heterocycles. The molecule has 4 N–H and O–H groups in total. The number of aliphatic carboxylic acids is 1. The molecule has 0 spiro atoms. The molecule has 0 aromatic carbocycles. The molecule has 0 fully saturated rings. The van der Waals surface area contributed by atoms with E-state index in [1.165, 1.54) is 6.20 Å². The van der Waals surface area contributed by atoms with Crippen molar-refractivity contribution in [3.05, 3.63) is 12.4 Å². The molecule has 1 aromatic heterocycles. The Labute approximate surface area is 92.2 Å². The number of urea groups is 1. The maximum atomic E-state index is 11.4. The maximum absolute atomic E-state index is 11.4. The minimum atomic E-state index is -0.871. The number of carbonyl (C=O) groups excluding carboxylic acids is 1. The quantitative estimate of drug-likeness (QED) is 0.595. The normalized spacial score (nSPS) is 11.8. The average molecular weight is 226 g/mol. The van der Waals surface area contributed by atoms with Gasteiger partial charge in [0.05, 0.1) is 11.9 Å². The maximum Gasteiger partial charge on any atom is 0.319 e. The van der Waals surface area contributed by atoms with E-state index in [9.17, 15) is 9.59 Å². The van der Waals surface area contributed by atoms with Crippen molar-refractivity contribution in [2.45, 2.75) is 25.8 Å². The van der Waals surface area contributed by atoms with Crippen LogP contribution in [0.2, 0.25) is 0 Å². The summed E-state index contributed by atoms with van der Waals surface area (Å²) in [5.74, 6) is -0.871. The fraction of sp³-hybridized carbons (Fsp3) is 0.444. The Balaban J connectivity index is 2.25. The van der Waals surface area contributed by atoms with Crippen LogP contribution in [0.1, 0.15) is 19.8 Å². The molecule has 1 unspecified atom stereocenters. The second-order valence-corrected chi connectivity index (χ2v) is 3.42. The molecule has 7 heteroatoms. The van der Waals surface area contributed by atoms with Gasteiger partial charge in [-0.15, -0.1) is 0 Å². The van der Waals surface area contributed by atoms with E-state index in [0.29, 0.717) is 12.1 Å². The monoisotopic (exact) mass is 226 g/mol. The number of aromatic nitrogens is 2. The molecule has 0 aliphatic rings. The van der Waals surface area contributed by atoms with Crippen molar-refractivity contribution in [1.82, 2.24) is 15.5 Å². The smallest absolute Gasteiger partial charge is 0.319 e. The second-order valence-electron chi connectivity index (χ2n) is 3.42. The van der Waals surface area contributed by atoms with Crippen LogP contribution in [0.15, 0.2) is 12.4 Å². The Morgan fingerprint density at radius 2 is 2.38 bits per heavy atom. The number of rotatable bonds is 5. The number of nitrogens with one attached hydrogen (secondary N) is 3. The van der Waals surface area contributed by atoms with Gasteiger partial charge in [0.2, 0.25) is 0 Å². The van der Waals surface area contributed by atoms with E-state index in [4.69, 9.17) is 5.11 Å². The van der Waals surface area contributed by atoms with Gasteiger partial charge in [0.25, 0.3) is 0 Å². The number of nitrogens with zero attached hydrogens (tertiary/aromatic N) is 1. The molecule has 1 heterocycles. The van der Waals surface area contributed by atoms with Crippen LogP contribution in [0.5, 0.6) is 0 Å². The Morgan fingerprint density at radius 3 is 2.94 bits per heavy atom. The summed E-state index contributed by atoms with van der Waals surface area (Å²) in [6.07, 6.45) is 3.45. The average Bonchev–Trinajstić information content (AvgIpc) is 2.67. The van der Waals surface area contributed by atoms with Crippen LogP contribution < -0.4 is 10.6 Å². The largest absolute Gasteiger partial charge is 0.481 e. The molecule has 0 radical (unpaired) electrons. The predicted octanol–water partition coefficient (Wildman–Crippen LogP) is 0.784. The topological polar surface area (TPSA) is 107 Å².